The van der Waals surface area contributed by atoms with E-state index in [0.29, 0.717) is 25.2 Å². The SMILES string of the molecule is Cc1cc(C)c(CC(=O)NCCc2n[nH]c(=O)n2C)c(C)c1. The van der Waals surface area contributed by atoms with Gasteiger partial charge in [0.25, 0.3) is 0 Å². The summed E-state index contributed by atoms with van der Waals surface area (Å²) in [6.45, 7) is 6.57. The molecule has 1 aromatic heterocycles. The minimum atomic E-state index is -0.243. The van der Waals surface area contributed by atoms with Crippen LogP contribution in [0.15, 0.2) is 16.9 Å². The van der Waals surface area contributed by atoms with Crippen molar-refractivity contribution in [2.24, 2.45) is 7.05 Å². The second kappa shape index (κ2) is 6.60. The van der Waals surface area contributed by atoms with Crippen molar-refractivity contribution < 1.29 is 4.79 Å². The fourth-order valence-corrected chi connectivity index (χ4v) is 2.63. The van der Waals surface area contributed by atoms with Crippen LogP contribution in [-0.2, 0) is 24.7 Å². The van der Waals surface area contributed by atoms with Gasteiger partial charge in [-0.15, -0.1) is 0 Å². The van der Waals surface area contributed by atoms with Crippen LogP contribution in [0.3, 0.4) is 0 Å². The molecule has 0 aliphatic carbocycles. The number of carbonyl (C=O) groups excluding carboxylic acids is 1. The van der Waals surface area contributed by atoms with E-state index in [2.05, 4.69) is 34.6 Å². The molecular weight excluding hydrogens is 280 g/mol. The number of amides is 1. The number of nitrogens with zero attached hydrogens (tertiary/aromatic N) is 2. The quantitative estimate of drug-likeness (QED) is 0.862. The Morgan fingerprint density at radius 3 is 2.45 bits per heavy atom. The maximum atomic E-state index is 12.1. The first-order valence-electron chi connectivity index (χ1n) is 7.32. The van der Waals surface area contributed by atoms with Crippen molar-refractivity contribution in [3.05, 3.63) is 50.7 Å². The highest BCUT2D eigenvalue weighted by Gasteiger charge is 2.10. The van der Waals surface area contributed by atoms with Crippen molar-refractivity contribution in [1.29, 1.82) is 0 Å². The van der Waals surface area contributed by atoms with Crippen molar-refractivity contribution in [2.75, 3.05) is 6.54 Å². The molecule has 22 heavy (non-hydrogen) atoms. The molecule has 0 spiro atoms. The summed E-state index contributed by atoms with van der Waals surface area (Å²) in [6.07, 6.45) is 0.893. The molecule has 0 aliphatic rings. The molecule has 2 N–H and O–H groups in total. The first-order valence-corrected chi connectivity index (χ1v) is 7.32. The molecule has 1 heterocycles. The van der Waals surface area contributed by atoms with Crippen molar-refractivity contribution in [2.45, 2.75) is 33.6 Å². The molecule has 118 valence electrons. The van der Waals surface area contributed by atoms with Gasteiger partial charge in [-0.3, -0.25) is 9.36 Å². The van der Waals surface area contributed by atoms with Crippen molar-refractivity contribution in [3.8, 4) is 0 Å². The Bertz CT molecular complexity index is 720. The molecule has 0 saturated heterocycles. The van der Waals surface area contributed by atoms with E-state index in [1.807, 2.05) is 13.8 Å². The zero-order valence-corrected chi connectivity index (χ0v) is 13.5. The molecule has 0 bridgehead atoms. The predicted octanol–water partition coefficient (Wildman–Crippen LogP) is 0.935. The monoisotopic (exact) mass is 302 g/mol. The van der Waals surface area contributed by atoms with E-state index in [0.717, 1.165) is 16.7 Å². The van der Waals surface area contributed by atoms with E-state index in [-0.39, 0.29) is 11.6 Å². The maximum absolute atomic E-state index is 12.1. The summed E-state index contributed by atoms with van der Waals surface area (Å²) in [5, 5.41) is 9.16. The molecule has 0 unspecified atom stereocenters. The number of carbonyl (C=O) groups is 1. The molecule has 6 heteroatoms. The van der Waals surface area contributed by atoms with E-state index in [1.165, 1.54) is 10.1 Å². The largest absolute Gasteiger partial charge is 0.355 e. The Morgan fingerprint density at radius 1 is 1.27 bits per heavy atom. The normalized spacial score (nSPS) is 10.7. The van der Waals surface area contributed by atoms with Crippen LogP contribution in [0.1, 0.15) is 28.1 Å². The third-order valence-electron chi connectivity index (χ3n) is 3.82. The van der Waals surface area contributed by atoms with Gasteiger partial charge in [0.2, 0.25) is 5.91 Å². The molecule has 1 amide bonds. The fourth-order valence-electron chi connectivity index (χ4n) is 2.63. The average Bonchev–Trinajstić information content (AvgIpc) is 2.75. The van der Waals surface area contributed by atoms with Gasteiger partial charge in [-0.05, 0) is 37.5 Å². The zero-order valence-electron chi connectivity index (χ0n) is 13.5. The van der Waals surface area contributed by atoms with E-state index in [1.54, 1.807) is 7.05 Å². The Morgan fingerprint density at radius 2 is 1.91 bits per heavy atom. The van der Waals surface area contributed by atoms with Gasteiger partial charge in [0, 0.05) is 20.0 Å². The third kappa shape index (κ3) is 3.63. The van der Waals surface area contributed by atoms with Crippen molar-refractivity contribution in [3.63, 3.8) is 0 Å². The number of benzene rings is 1. The molecule has 2 aromatic rings. The molecule has 0 aliphatic heterocycles. The minimum Gasteiger partial charge on any atom is -0.355 e. The van der Waals surface area contributed by atoms with Gasteiger partial charge in [-0.25, -0.2) is 9.89 Å². The Balaban J connectivity index is 1.91. The highest BCUT2D eigenvalue weighted by atomic mass is 16.2. The summed E-state index contributed by atoms with van der Waals surface area (Å²) in [4.78, 5) is 23.3. The fraction of sp³-hybridized carbons (Fsp3) is 0.438. The molecule has 0 atom stereocenters. The number of rotatable bonds is 5. The van der Waals surface area contributed by atoms with Crippen LogP contribution < -0.4 is 11.0 Å². The number of aromatic nitrogens is 3. The number of H-pyrrole nitrogens is 1. The molecule has 6 nitrogen and oxygen atoms in total. The summed E-state index contributed by atoms with van der Waals surface area (Å²) in [5.41, 5.74) is 4.32. The van der Waals surface area contributed by atoms with Crippen molar-refractivity contribution >= 4 is 5.91 Å². The molecule has 0 saturated carbocycles. The Labute approximate surface area is 129 Å². The Hall–Kier alpha value is -2.37. The second-order valence-corrected chi connectivity index (χ2v) is 5.66. The van der Waals surface area contributed by atoms with Gasteiger partial charge in [0.05, 0.1) is 6.42 Å². The lowest BCUT2D eigenvalue weighted by molar-refractivity contribution is -0.120. The lowest BCUT2D eigenvalue weighted by atomic mass is 9.97. The zero-order chi connectivity index (χ0) is 16.3. The predicted molar refractivity (Wildman–Crippen MR) is 84.9 cm³/mol. The highest BCUT2D eigenvalue weighted by molar-refractivity contribution is 5.79. The van der Waals surface area contributed by atoms with E-state index in [9.17, 15) is 9.59 Å². The molecule has 0 radical (unpaired) electrons. The molecule has 0 fully saturated rings. The van der Waals surface area contributed by atoms with Crippen LogP contribution in [0.25, 0.3) is 0 Å². The van der Waals surface area contributed by atoms with Crippen LogP contribution in [0.4, 0.5) is 0 Å². The summed E-state index contributed by atoms with van der Waals surface area (Å²) in [7, 11) is 1.65. The maximum Gasteiger partial charge on any atom is 0.343 e. The van der Waals surface area contributed by atoms with Crippen LogP contribution in [0.2, 0.25) is 0 Å². The van der Waals surface area contributed by atoms with Gasteiger partial charge in [0.1, 0.15) is 5.82 Å². The van der Waals surface area contributed by atoms with E-state index >= 15 is 0 Å². The summed E-state index contributed by atoms with van der Waals surface area (Å²) in [6, 6.07) is 4.18. The molecular formula is C16H22N4O2. The first-order chi connectivity index (χ1) is 10.4. The van der Waals surface area contributed by atoms with Crippen LogP contribution in [0, 0.1) is 20.8 Å². The second-order valence-electron chi connectivity index (χ2n) is 5.66. The number of hydrogen-bond acceptors (Lipinski definition) is 3. The average molecular weight is 302 g/mol. The van der Waals surface area contributed by atoms with Gasteiger partial charge in [-0.2, -0.15) is 5.10 Å². The Kier molecular flexibility index (Phi) is 4.80. The summed E-state index contributed by atoms with van der Waals surface area (Å²) in [5.74, 6) is 0.614. The number of aromatic amines is 1. The van der Waals surface area contributed by atoms with E-state index < -0.39 is 0 Å². The summed E-state index contributed by atoms with van der Waals surface area (Å²) >= 11 is 0. The third-order valence-corrected chi connectivity index (χ3v) is 3.82. The van der Waals surface area contributed by atoms with E-state index in [4.69, 9.17) is 0 Å². The lowest BCUT2D eigenvalue weighted by Gasteiger charge is -2.11. The van der Waals surface area contributed by atoms with Crippen molar-refractivity contribution in [1.82, 2.24) is 20.1 Å². The minimum absolute atomic E-state index is 0.0180. The molecule has 1 aromatic carbocycles. The first kappa shape index (κ1) is 16.0. The lowest BCUT2D eigenvalue weighted by Crippen LogP contribution is -2.28. The molecule has 2 rings (SSSR count). The van der Waals surface area contributed by atoms with Gasteiger partial charge in [-0.1, -0.05) is 17.7 Å². The smallest absolute Gasteiger partial charge is 0.343 e. The van der Waals surface area contributed by atoms with Crippen LogP contribution >= 0.6 is 0 Å². The standard InChI is InChI=1S/C16H22N4O2/c1-10-7-11(2)13(12(3)8-10)9-15(21)17-6-5-14-18-19-16(22)20(14)4/h7-8H,5-6,9H2,1-4H3,(H,17,21)(H,19,22). The van der Waals surface area contributed by atoms with Gasteiger partial charge in [0.15, 0.2) is 0 Å². The number of hydrogen-bond donors (Lipinski definition) is 2. The van der Waals surface area contributed by atoms with Crippen LogP contribution in [0.5, 0.6) is 0 Å². The van der Waals surface area contributed by atoms with Gasteiger partial charge < -0.3 is 5.32 Å². The van der Waals surface area contributed by atoms with Gasteiger partial charge >= 0.3 is 5.69 Å². The number of nitrogens with one attached hydrogen (secondary N) is 2. The van der Waals surface area contributed by atoms with Crippen LogP contribution in [-0.4, -0.2) is 27.2 Å². The number of aryl methyl sites for hydroxylation is 3. The summed E-state index contributed by atoms with van der Waals surface area (Å²) < 4.78 is 1.44. The topological polar surface area (TPSA) is 79.8 Å². The highest BCUT2D eigenvalue weighted by Crippen LogP contribution is 2.16.